The number of nitro benzene ring substituents is 1. The van der Waals surface area contributed by atoms with Crippen molar-refractivity contribution in [2.75, 3.05) is 12.4 Å². The third kappa shape index (κ3) is 5.27. The van der Waals surface area contributed by atoms with Crippen LogP contribution in [0.25, 0.3) is 0 Å². The molecular formula is C19H20N2O6. The SMILES string of the molecule is COc1ccc(NC(=O)[C@@H](C)OC(=O)Cc2ccccc2C)c([N+](=O)[O-])c1. The van der Waals surface area contributed by atoms with E-state index in [0.717, 1.165) is 11.1 Å². The van der Waals surface area contributed by atoms with Crippen LogP contribution in [0.2, 0.25) is 0 Å². The third-order valence-electron chi connectivity index (χ3n) is 3.93. The number of rotatable bonds is 7. The number of carbonyl (C=O) groups is 2. The zero-order chi connectivity index (χ0) is 20.0. The molecule has 142 valence electrons. The van der Waals surface area contributed by atoms with Crippen LogP contribution >= 0.6 is 0 Å². The van der Waals surface area contributed by atoms with Crippen molar-refractivity contribution in [1.29, 1.82) is 0 Å². The van der Waals surface area contributed by atoms with Gasteiger partial charge in [-0.3, -0.25) is 19.7 Å². The first-order valence-electron chi connectivity index (χ1n) is 8.19. The van der Waals surface area contributed by atoms with Crippen LogP contribution in [0, 0.1) is 17.0 Å². The second-order valence-corrected chi connectivity index (χ2v) is 5.86. The Labute approximate surface area is 156 Å². The lowest BCUT2D eigenvalue weighted by atomic mass is 10.1. The summed E-state index contributed by atoms with van der Waals surface area (Å²) in [6, 6.07) is 11.4. The van der Waals surface area contributed by atoms with E-state index >= 15 is 0 Å². The Hall–Kier alpha value is -3.42. The molecule has 1 N–H and O–H groups in total. The van der Waals surface area contributed by atoms with Crippen molar-refractivity contribution < 1.29 is 24.0 Å². The lowest BCUT2D eigenvalue weighted by Gasteiger charge is -2.14. The molecule has 27 heavy (non-hydrogen) atoms. The Bertz CT molecular complexity index is 865. The molecule has 0 heterocycles. The highest BCUT2D eigenvalue weighted by Crippen LogP contribution is 2.29. The van der Waals surface area contributed by atoms with Crippen LogP contribution in [0.1, 0.15) is 18.1 Å². The van der Waals surface area contributed by atoms with Crippen LogP contribution < -0.4 is 10.1 Å². The van der Waals surface area contributed by atoms with E-state index in [2.05, 4.69) is 5.32 Å². The van der Waals surface area contributed by atoms with Gasteiger partial charge in [0.05, 0.1) is 24.5 Å². The molecule has 0 aliphatic rings. The summed E-state index contributed by atoms with van der Waals surface area (Å²) in [4.78, 5) is 34.9. The van der Waals surface area contributed by atoms with Crippen LogP contribution in [-0.2, 0) is 20.7 Å². The monoisotopic (exact) mass is 372 g/mol. The average Bonchev–Trinajstić information content (AvgIpc) is 2.63. The first kappa shape index (κ1) is 19.9. The maximum atomic E-state index is 12.3. The molecule has 0 aromatic heterocycles. The fourth-order valence-corrected chi connectivity index (χ4v) is 2.39. The van der Waals surface area contributed by atoms with E-state index in [1.54, 1.807) is 0 Å². The second-order valence-electron chi connectivity index (χ2n) is 5.86. The molecule has 2 aromatic carbocycles. The van der Waals surface area contributed by atoms with Crippen molar-refractivity contribution in [2.24, 2.45) is 0 Å². The van der Waals surface area contributed by atoms with Gasteiger partial charge in [-0.1, -0.05) is 24.3 Å². The molecule has 0 radical (unpaired) electrons. The van der Waals surface area contributed by atoms with Crippen molar-refractivity contribution in [1.82, 2.24) is 0 Å². The Balaban J connectivity index is 2.02. The zero-order valence-electron chi connectivity index (χ0n) is 15.2. The largest absolute Gasteiger partial charge is 0.496 e. The smallest absolute Gasteiger partial charge is 0.311 e. The van der Waals surface area contributed by atoms with Gasteiger partial charge in [0.25, 0.3) is 11.6 Å². The first-order valence-corrected chi connectivity index (χ1v) is 8.19. The molecule has 1 amide bonds. The van der Waals surface area contributed by atoms with Gasteiger partial charge in [-0.15, -0.1) is 0 Å². The summed E-state index contributed by atoms with van der Waals surface area (Å²) in [5.41, 5.74) is 1.43. The minimum absolute atomic E-state index is 0.00685. The van der Waals surface area contributed by atoms with Crippen LogP contribution in [0.5, 0.6) is 5.75 Å². The van der Waals surface area contributed by atoms with E-state index in [9.17, 15) is 19.7 Å². The van der Waals surface area contributed by atoms with Gasteiger partial charge in [0.1, 0.15) is 11.4 Å². The molecular weight excluding hydrogens is 352 g/mol. The summed E-state index contributed by atoms with van der Waals surface area (Å²) < 4.78 is 10.1. The quantitative estimate of drug-likeness (QED) is 0.455. The summed E-state index contributed by atoms with van der Waals surface area (Å²) in [5, 5.41) is 13.6. The fraction of sp³-hybridized carbons (Fsp3) is 0.263. The van der Waals surface area contributed by atoms with Gasteiger partial charge in [0.15, 0.2) is 6.10 Å². The van der Waals surface area contributed by atoms with Crippen molar-refractivity contribution in [3.8, 4) is 5.75 Å². The zero-order valence-corrected chi connectivity index (χ0v) is 15.2. The maximum Gasteiger partial charge on any atom is 0.311 e. The van der Waals surface area contributed by atoms with Crippen molar-refractivity contribution >= 4 is 23.3 Å². The molecule has 8 heteroatoms. The van der Waals surface area contributed by atoms with E-state index < -0.39 is 22.9 Å². The number of ether oxygens (including phenoxy) is 2. The third-order valence-corrected chi connectivity index (χ3v) is 3.93. The van der Waals surface area contributed by atoms with Crippen molar-refractivity contribution in [3.05, 3.63) is 63.7 Å². The Morgan fingerprint density at radius 2 is 1.93 bits per heavy atom. The number of methoxy groups -OCH3 is 1. The lowest BCUT2D eigenvalue weighted by Crippen LogP contribution is -2.30. The average molecular weight is 372 g/mol. The highest BCUT2D eigenvalue weighted by atomic mass is 16.6. The Kier molecular flexibility index (Phi) is 6.48. The van der Waals surface area contributed by atoms with Crippen LogP contribution in [-0.4, -0.2) is 30.0 Å². The molecule has 0 bridgehead atoms. The number of amides is 1. The predicted octanol–water partition coefficient (Wildman–Crippen LogP) is 3.02. The first-order chi connectivity index (χ1) is 12.8. The number of esters is 1. The number of anilines is 1. The van der Waals surface area contributed by atoms with E-state index in [4.69, 9.17) is 9.47 Å². The number of hydrogen-bond acceptors (Lipinski definition) is 6. The second kappa shape index (κ2) is 8.79. The number of benzene rings is 2. The number of nitrogens with one attached hydrogen (secondary N) is 1. The van der Waals surface area contributed by atoms with E-state index in [-0.39, 0.29) is 23.5 Å². The molecule has 8 nitrogen and oxygen atoms in total. The molecule has 0 spiro atoms. The topological polar surface area (TPSA) is 108 Å². The van der Waals surface area contributed by atoms with E-state index in [1.165, 1.54) is 32.2 Å². The molecule has 0 fully saturated rings. The molecule has 2 aromatic rings. The fourth-order valence-electron chi connectivity index (χ4n) is 2.39. The minimum Gasteiger partial charge on any atom is -0.496 e. The molecule has 0 aliphatic carbocycles. The van der Waals surface area contributed by atoms with E-state index in [0.29, 0.717) is 0 Å². The standard InChI is InChI=1S/C19H20N2O6/c1-12-6-4-5-7-14(12)10-18(22)27-13(2)19(23)20-16-9-8-15(26-3)11-17(16)21(24)25/h4-9,11,13H,10H2,1-3H3,(H,20,23)/t13-/m1/s1. The molecule has 0 unspecified atom stereocenters. The normalized spacial score (nSPS) is 11.4. The van der Waals surface area contributed by atoms with Crippen molar-refractivity contribution in [3.63, 3.8) is 0 Å². The summed E-state index contributed by atoms with van der Waals surface area (Å²) in [6.45, 7) is 3.28. The molecule has 2 rings (SSSR count). The maximum absolute atomic E-state index is 12.3. The molecule has 1 atom stereocenters. The van der Waals surface area contributed by atoms with Gasteiger partial charge in [-0.2, -0.15) is 0 Å². The highest BCUT2D eigenvalue weighted by molar-refractivity contribution is 5.97. The van der Waals surface area contributed by atoms with Crippen LogP contribution in [0.15, 0.2) is 42.5 Å². The Morgan fingerprint density at radius 3 is 2.56 bits per heavy atom. The van der Waals surface area contributed by atoms with Crippen LogP contribution in [0.3, 0.4) is 0 Å². The molecule has 0 saturated carbocycles. The Morgan fingerprint density at radius 1 is 1.22 bits per heavy atom. The van der Waals surface area contributed by atoms with Gasteiger partial charge in [-0.25, -0.2) is 0 Å². The summed E-state index contributed by atoms with van der Waals surface area (Å²) >= 11 is 0. The van der Waals surface area contributed by atoms with Gasteiger partial charge in [-0.05, 0) is 37.1 Å². The van der Waals surface area contributed by atoms with Crippen molar-refractivity contribution in [2.45, 2.75) is 26.4 Å². The van der Waals surface area contributed by atoms with Gasteiger partial charge in [0.2, 0.25) is 0 Å². The van der Waals surface area contributed by atoms with Gasteiger partial charge < -0.3 is 14.8 Å². The minimum atomic E-state index is -1.11. The van der Waals surface area contributed by atoms with Gasteiger partial charge in [0, 0.05) is 0 Å². The number of nitrogens with zero attached hydrogens (tertiary/aromatic N) is 1. The number of hydrogen-bond donors (Lipinski definition) is 1. The highest BCUT2D eigenvalue weighted by Gasteiger charge is 2.22. The number of nitro groups is 1. The van der Waals surface area contributed by atoms with E-state index in [1.807, 2.05) is 31.2 Å². The number of carbonyl (C=O) groups excluding carboxylic acids is 2. The number of aryl methyl sites for hydroxylation is 1. The predicted molar refractivity (Wildman–Crippen MR) is 98.7 cm³/mol. The molecule has 0 aliphatic heterocycles. The molecule has 0 saturated heterocycles. The summed E-state index contributed by atoms with van der Waals surface area (Å²) in [6.07, 6.45) is -1.07. The lowest BCUT2D eigenvalue weighted by molar-refractivity contribution is -0.384. The summed E-state index contributed by atoms with van der Waals surface area (Å²) in [5.74, 6) is -0.935. The van der Waals surface area contributed by atoms with Crippen LogP contribution in [0.4, 0.5) is 11.4 Å². The van der Waals surface area contributed by atoms with Gasteiger partial charge >= 0.3 is 5.97 Å². The summed E-state index contributed by atoms with van der Waals surface area (Å²) in [7, 11) is 1.38.